The molecule has 0 fully saturated rings. The Hall–Kier alpha value is -2.81. The molecule has 3 aromatic carbocycles. The van der Waals surface area contributed by atoms with E-state index in [2.05, 4.69) is 33.8 Å². The Labute approximate surface area is 115 Å². The van der Waals surface area contributed by atoms with E-state index in [-0.39, 0.29) is 0 Å². The average molecular weight is 258 g/mol. The number of para-hydroxylation sites is 1. The molecule has 5 rings (SSSR count). The van der Waals surface area contributed by atoms with Crippen LogP contribution in [0.5, 0.6) is 11.5 Å². The van der Waals surface area contributed by atoms with Crippen LogP contribution in [0.1, 0.15) is 0 Å². The van der Waals surface area contributed by atoms with Crippen molar-refractivity contribution in [2.45, 2.75) is 0 Å². The van der Waals surface area contributed by atoms with E-state index in [4.69, 9.17) is 4.74 Å². The van der Waals surface area contributed by atoms with Crippen molar-refractivity contribution < 1.29 is 4.74 Å². The normalized spacial score (nSPS) is 12.4. The second kappa shape index (κ2) is 3.39. The lowest BCUT2D eigenvalue weighted by atomic mass is 10.1. The van der Waals surface area contributed by atoms with E-state index in [1.165, 1.54) is 5.39 Å². The predicted octanol–water partition coefficient (Wildman–Crippen LogP) is 4.28. The van der Waals surface area contributed by atoms with Gasteiger partial charge in [-0.3, -0.25) is 4.57 Å². The van der Waals surface area contributed by atoms with Gasteiger partial charge in [0, 0.05) is 5.39 Å². The zero-order valence-corrected chi connectivity index (χ0v) is 10.6. The van der Waals surface area contributed by atoms with Gasteiger partial charge in [-0.25, -0.2) is 4.98 Å². The summed E-state index contributed by atoms with van der Waals surface area (Å²) in [5.41, 5.74) is 3.04. The van der Waals surface area contributed by atoms with E-state index in [0.717, 1.165) is 33.6 Å². The maximum Gasteiger partial charge on any atom is 0.159 e. The van der Waals surface area contributed by atoms with Crippen molar-refractivity contribution in [2.24, 2.45) is 0 Å². The maximum atomic E-state index is 6.16. The second-order valence-electron chi connectivity index (χ2n) is 4.98. The highest BCUT2D eigenvalue weighted by Gasteiger charge is 2.21. The molecular weight excluding hydrogens is 248 g/mol. The number of fused-ring (bicyclic) bond motifs is 4. The summed E-state index contributed by atoms with van der Waals surface area (Å²) in [6.07, 6.45) is 1.87. The van der Waals surface area contributed by atoms with Gasteiger partial charge in [-0.2, -0.15) is 0 Å². The van der Waals surface area contributed by atoms with Crippen LogP contribution in [0.15, 0.2) is 60.9 Å². The molecule has 94 valence electrons. The van der Waals surface area contributed by atoms with E-state index in [9.17, 15) is 0 Å². The quantitative estimate of drug-likeness (QED) is 0.414. The van der Waals surface area contributed by atoms with Crippen LogP contribution in [0.2, 0.25) is 0 Å². The fraction of sp³-hybridized carbons (Fsp3) is 0. The molecule has 0 saturated carbocycles. The van der Waals surface area contributed by atoms with Gasteiger partial charge in [-0.15, -0.1) is 0 Å². The zero-order valence-electron chi connectivity index (χ0n) is 10.6. The molecule has 2 heterocycles. The Morgan fingerprint density at radius 3 is 2.85 bits per heavy atom. The number of benzene rings is 3. The molecule has 0 unspecified atom stereocenters. The van der Waals surface area contributed by atoms with Crippen LogP contribution >= 0.6 is 0 Å². The lowest BCUT2D eigenvalue weighted by Crippen LogP contribution is -2.03. The molecule has 20 heavy (non-hydrogen) atoms. The van der Waals surface area contributed by atoms with Gasteiger partial charge in [0.15, 0.2) is 11.5 Å². The molecule has 3 heteroatoms. The maximum absolute atomic E-state index is 6.16. The topological polar surface area (TPSA) is 27.1 Å². The lowest BCUT2D eigenvalue weighted by molar-refractivity contribution is 0.481. The van der Waals surface area contributed by atoms with Crippen LogP contribution in [-0.2, 0) is 0 Å². The number of nitrogens with zero attached hydrogens (tertiary/aromatic N) is 2. The Balaban J connectivity index is 1.97. The minimum Gasteiger partial charge on any atom is -0.452 e. The van der Waals surface area contributed by atoms with Crippen LogP contribution in [0.25, 0.3) is 27.5 Å². The van der Waals surface area contributed by atoms with E-state index in [1.807, 2.05) is 36.7 Å². The summed E-state index contributed by atoms with van der Waals surface area (Å²) in [4.78, 5) is 4.45. The zero-order chi connectivity index (χ0) is 13.1. The van der Waals surface area contributed by atoms with Crippen molar-refractivity contribution in [3.63, 3.8) is 0 Å². The minimum atomic E-state index is 0.865. The van der Waals surface area contributed by atoms with E-state index in [1.54, 1.807) is 0 Å². The SMILES string of the molecule is c1ccc2c3c(ccc2c1)-n1cnc2cccc(c21)O3. The van der Waals surface area contributed by atoms with E-state index in [0.29, 0.717) is 0 Å². The molecule has 0 atom stereocenters. The van der Waals surface area contributed by atoms with Crippen molar-refractivity contribution in [3.8, 4) is 17.2 Å². The smallest absolute Gasteiger partial charge is 0.159 e. The Kier molecular flexibility index (Phi) is 1.70. The summed E-state index contributed by atoms with van der Waals surface area (Å²) in [5, 5.41) is 2.31. The van der Waals surface area contributed by atoms with Crippen molar-refractivity contribution in [1.82, 2.24) is 9.55 Å². The Morgan fingerprint density at radius 2 is 1.85 bits per heavy atom. The number of ether oxygens (including phenoxy) is 1. The summed E-state index contributed by atoms with van der Waals surface area (Å²) in [7, 11) is 0. The highest BCUT2D eigenvalue weighted by molar-refractivity contribution is 5.95. The molecule has 0 bridgehead atoms. The van der Waals surface area contributed by atoms with E-state index < -0.39 is 0 Å². The first-order valence-electron chi connectivity index (χ1n) is 6.58. The largest absolute Gasteiger partial charge is 0.452 e. The first-order valence-corrected chi connectivity index (χ1v) is 6.58. The second-order valence-corrected chi connectivity index (χ2v) is 4.98. The molecule has 1 aliphatic rings. The van der Waals surface area contributed by atoms with Crippen molar-refractivity contribution in [3.05, 3.63) is 60.9 Å². The third-order valence-electron chi connectivity index (χ3n) is 3.86. The predicted molar refractivity (Wildman–Crippen MR) is 78.7 cm³/mol. The van der Waals surface area contributed by atoms with Crippen molar-refractivity contribution >= 4 is 21.8 Å². The van der Waals surface area contributed by atoms with Crippen molar-refractivity contribution in [2.75, 3.05) is 0 Å². The summed E-state index contributed by atoms with van der Waals surface area (Å²) in [6.45, 7) is 0. The molecular formula is C17H10N2O. The van der Waals surface area contributed by atoms with Crippen LogP contribution in [0.3, 0.4) is 0 Å². The van der Waals surface area contributed by atoms with Crippen molar-refractivity contribution in [1.29, 1.82) is 0 Å². The van der Waals surface area contributed by atoms with Gasteiger partial charge in [0.1, 0.15) is 11.8 Å². The van der Waals surface area contributed by atoms with Crippen LogP contribution in [0.4, 0.5) is 0 Å². The van der Waals surface area contributed by atoms with Gasteiger partial charge in [0.05, 0.1) is 11.2 Å². The standard InChI is InChI=1S/C17H10N2O/c1-2-5-12-11(4-1)8-9-14-17(12)20-15-7-3-6-13-16(15)19(14)10-18-13/h1-10H. The summed E-state index contributed by atoms with van der Waals surface area (Å²) in [5.74, 6) is 1.77. The first kappa shape index (κ1) is 10.0. The Morgan fingerprint density at radius 1 is 0.900 bits per heavy atom. The molecule has 1 aliphatic heterocycles. The molecule has 4 aromatic rings. The highest BCUT2D eigenvalue weighted by Crippen LogP contribution is 2.43. The average Bonchev–Trinajstić information content (AvgIpc) is 2.93. The molecule has 0 amide bonds. The highest BCUT2D eigenvalue weighted by atomic mass is 16.5. The molecule has 0 radical (unpaired) electrons. The molecule has 0 spiro atoms. The van der Waals surface area contributed by atoms with E-state index >= 15 is 0 Å². The van der Waals surface area contributed by atoms with Gasteiger partial charge in [0.25, 0.3) is 0 Å². The van der Waals surface area contributed by atoms with Gasteiger partial charge in [-0.1, -0.05) is 36.4 Å². The van der Waals surface area contributed by atoms with Gasteiger partial charge < -0.3 is 4.74 Å². The van der Waals surface area contributed by atoms with Crippen LogP contribution in [0, 0.1) is 0 Å². The first-order chi connectivity index (χ1) is 9.92. The molecule has 3 nitrogen and oxygen atoms in total. The third kappa shape index (κ3) is 1.12. The number of imidazole rings is 1. The summed E-state index contributed by atoms with van der Waals surface area (Å²) in [6, 6.07) is 18.5. The number of aromatic nitrogens is 2. The fourth-order valence-electron chi connectivity index (χ4n) is 2.94. The Bertz CT molecular complexity index is 985. The number of hydrogen-bond acceptors (Lipinski definition) is 2. The van der Waals surface area contributed by atoms with Gasteiger partial charge in [0.2, 0.25) is 0 Å². The molecule has 0 N–H and O–H groups in total. The van der Waals surface area contributed by atoms with Gasteiger partial charge in [-0.05, 0) is 23.6 Å². The molecule has 0 saturated heterocycles. The molecule has 0 aliphatic carbocycles. The van der Waals surface area contributed by atoms with Crippen LogP contribution in [-0.4, -0.2) is 9.55 Å². The van der Waals surface area contributed by atoms with Crippen LogP contribution < -0.4 is 4.74 Å². The minimum absolute atomic E-state index is 0.865. The molecule has 1 aromatic heterocycles. The summed E-state index contributed by atoms with van der Waals surface area (Å²) < 4.78 is 8.27. The summed E-state index contributed by atoms with van der Waals surface area (Å²) >= 11 is 0. The fourth-order valence-corrected chi connectivity index (χ4v) is 2.94. The number of rotatable bonds is 0. The lowest BCUT2D eigenvalue weighted by Gasteiger charge is -2.21. The number of hydrogen-bond donors (Lipinski definition) is 0. The monoisotopic (exact) mass is 258 g/mol. The van der Waals surface area contributed by atoms with Gasteiger partial charge >= 0.3 is 0 Å². The third-order valence-corrected chi connectivity index (χ3v) is 3.86.